The topological polar surface area (TPSA) is 46.5 Å². The number of halogens is 3. The molecule has 2 aromatic carbocycles. The van der Waals surface area contributed by atoms with Crippen LogP contribution in [0.4, 0.5) is 13.2 Å². The van der Waals surface area contributed by atoms with E-state index in [-0.39, 0.29) is 10.4 Å². The highest BCUT2D eigenvalue weighted by atomic mass is 32.2. The van der Waals surface area contributed by atoms with E-state index in [1.807, 2.05) is 0 Å². The zero-order valence-corrected chi connectivity index (χ0v) is 17.4. The molecule has 2 heterocycles. The maximum Gasteiger partial charge on any atom is 0.409 e. The fraction of sp³-hybridized carbons (Fsp3) is 0.227. The summed E-state index contributed by atoms with van der Waals surface area (Å²) in [5.74, 6) is -2.03. The third-order valence-corrected chi connectivity index (χ3v) is 7.98. The van der Waals surface area contributed by atoms with E-state index in [4.69, 9.17) is 4.74 Å². The van der Waals surface area contributed by atoms with Gasteiger partial charge in [-0.1, -0.05) is 24.3 Å². The standard InChI is InChI=1S/C22H17F3O3S2/c1-28-14-10-8-13(9-11-14)19(26)18-20(27)15-5-2-3-6-16(15)30-21(18,22(23,24)25)17-7-4-12-29-17/h2-12,18,20,27H,1H3/t18-,20+,21-/m1/s1. The second-order valence-electron chi connectivity index (χ2n) is 6.87. The van der Waals surface area contributed by atoms with Crippen molar-refractivity contribution in [1.82, 2.24) is 0 Å². The summed E-state index contributed by atoms with van der Waals surface area (Å²) >= 11 is 1.52. The van der Waals surface area contributed by atoms with Gasteiger partial charge in [-0.05, 0) is 47.3 Å². The number of rotatable bonds is 4. The second kappa shape index (κ2) is 7.76. The summed E-state index contributed by atoms with van der Waals surface area (Å²) in [6.45, 7) is 0. The van der Waals surface area contributed by atoms with Gasteiger partial charge in [-0.3, -0.25) is 4.79 Å². The van der Waals surface area contributed by atoms with Crippen LogP contribution < -0.4 is 4.74 Å². The smallest absolute Gasteiger partial charge is 0.409 e. The molecule has 0 fully saturated rings. The first-order valence-electron chi connectivity index (χ1n) is 9.04. The van der Waals surface area contributed by atoms with Crippen LogP contribution in [0.15, 0.2) is 70.9 Å². The molecule has 1 aliphatic heterocycles. The summed E-state index contributed by atoms with van der Waals surface area (Å²) < 4.78 is 46.8. The van der Waals surface area contributed by atoms with Crippen molar-refractivity contribution in [1.29, 1.82) is 0 Å². The first-order valence-corrected chi connectivity index (χ1v) is 10.7. The van der Waals surface area contributed by atoms with E-state index in [1.165, 1.54) is 43.5 Å². The van der Waals surface area contributed by atoms with Gasteiger partial charge in [-0.15, -0.1) is 23.1 Å². The Hall–Kier alpha value is -2.29. The van der Waals surface area contributed by atoms with Gasteiger partial charge in [-0.25, -0.2) is 0 Å². The number of fused-ring (bicyclic) bond motifs is 1. The van der Waals surface area contributed by atoms with Crippen molar-refractivity contribution in [2.24, 2.45) is 5.92 Å². The monoisotopic (exact) mass is 450 g/mol. The third-order valence-electron chi connectivity index (χ3n) is 5.23. The van der Waals surface area contributed by atoms with Gasteiger partial charge in [-0.2, -0.15) is 13.2 Å². The van der Waals surface area contributed by atoms with E-state index in [9.17, 15) is 23.1 Å². The molecule has 3 aromatic rings. The third kappa shape index (κ3) is 3.23. The van der Waals surface area contributed by atoms with Crippen molar-refractivity contribution < 1.29 is 27.8 Å². The number of alkyl halides is 3. The van der Waals surface area contributed by atoms with Gasteiger partial charge >= 0.3 is 6.18 Å². The Balaban J connectivity index is 1.94. The van der Waals surface area contributed by atoms with Crippen LogP contribution in [0.5, 0.6) is 5.75 Å². The maximum atomic E-state index is 14.8. The summed E-state index contributed by atoms with van der Waals surface area (Å²) in [6, 6.07) is 15.2. The minimum absolute atomic E-state index is 0.0135. The summed E-state index contributed by atoms with van der Waals surface area (Å²) in [6.07, 6.45) is -6.40. The molecule has 1 aliphatic rings. The second-order valence-corrected chi connectivity index (χ2v) is 9.10. The Kier molecular flexibility index (Phi) is 5.42. The van der Waals surface area contributed by atoms with E-state index in [1.54, 1.807) is 29.6 Å². The fourth-order valence-electron chi connectivity index (χ4n) is 3.79. The molecule has 30 heavy (non-hydrogen) atoms. The number of ketones is 1. The summed E-state index contributed by atoms with van der Waals surface area (Å²) in [5.41, 5.74) is 0.413. The molecule has 1 N–H and O–H groups in total. The zero-order valence-electron chi connectivity index (χ0n) is 15.7. The minimum atomic E-state index is -4.79. The summed E-state index contributed by atoms with van der Waals surface area (Å²) in [5, 5.41) is 12.6. The highest BCUT2D eigenvalue weighted by molar-refractivity contribution is 8.00. The van der Waals surface area contributed by atoms with Crippen molar-refractivity contribution in [2.75, 3.05) is 7.11 Å². The predicted molar refractivity (Wildman–Crippen MR) is 110 cm³/mol. The molecular weight excluding hydrogens is 433 g/mol. The number of thiophene rings is 1. The van der Waals surface area contributed by atoms with E-state index >= 15 is 0 Å². The number of aliphatic hydroxyl groups is 1. The summed E-state index contributed by atoms with van der Waals surface area (Å²) in [7, 11) is 1.46. The van der Waals surface area contributed by atoms with Crippen LogP contribution in [0.1, 0.15) is 26.9 Å². The lowest BCUT2D eigenvalue weighted by atomic mass is 9.76. The Morgan fingerprint density at radius 3 is 2.37 bits per heavy atom. The van der Waals surface area contributed by atoms with Crippen LogP contribution in [0.2, 0.25) is 0 Å². The van der Waals surface area contributed by atoms with Gasteiger partial charge < -0.3 is 9.84 Å². The van der Waals surface area contributed by atoms with Crippen LogP contribution >= 0.6 is 23.1 Å². The molecule has 3 nitrogen and oxygen atoms in total. The molecule has 0 radical (unpaired) electrons. The molecule has 156 valence electrons. The highest BCUT2D eigenvalue weighted by Gasteiger charge is 2.67. The lowest BCUT2D eigenvalue weighted by Crippen LogP contribution is -2.52. The first-order chi connectivity index (χ1) is 14.3. The number of ether oxygens (including phenoxy) is 1. The molecular formula is C22H17F3O3S2. The number of Topliss-reactive ketones (excluding diaryl/α,β-unsaturated/α-hetero) is 1. The maximum absolute atomic E-state index is 14.8. The zero-order chi connectivity index (χ0) is 21.5. The van der Waals surface area contributed by atoms with Gasteiger partial charge in [0, 0.05) is 15.3 Å². The van der Waals surface area contributed by atoms with E-state index in [0.717, 1.165) is 11.3 Å². The van der Waals surface area contributed by atoms with E-state index in [2.05, 4.69) is 0 Å². The number of carbonyl (C=O) groups excluding carboxylic acids is 1. The van der Waals surface area contributed by atoms with Gasteiger partial charge in [0.25, 0.3) is 0 Å². The van der Waals surface area contributed by atoms with Gasteiger partial charge in [0.2, 0.25) is 0 Å². The molecule has 0 bridgehead atoms. The van der Waals surface area contributed by atoms with Gasteiger partial charge in [0.05, 0.1) is 19.1 Å². The highest BCUT2D eigenvalue weighted by Crippen LogP contribution is 2.64. The molecule has 4 rings (SSSR count). The SMILES string of the molecule is COc1ccc(C(=O)[C@@H]2[C@@H](O)c3ccccc3S[C@@]2(c2cccs2)C(F)(F)F)cc1. The van der Waals surface area contributed by atoms with Gasteiger partial charge in [0.15, 0.2) is 10.5 Å². The van der Waals surface area contributed by atoms with Crippen LogP contribution in [0.3, 0.4) is 0 Å². The Bertz CT molecular complexity index is 1050. The predicted octanol–water partition coefficient (Wildman–Crippen LogP) is 5.85. The van der Waals surface area contributed by atoms with Gasteiger partial charge in [0.1, 0.15) is 5.75 Å². The quantitative estimate of drug-likeness (QED) is 0.507. The van der Waals surface area contributed by atoms with Crippen molar-refractivity contribution >= 4 is 28.9 Å². The number of aliphatic hydroxyl groups excluding tert-OH is 1. The normalized spacial score (nSPS) is 23.6. The molecule has 1 aromatic heterocycles. The van der Waals surface area contributed by atoms with Crippen LogP contribution in [-0.2, 0) is 4.75 Å². The molecule has 0 spiro atoms. The van der Waals surface area contributed by atoms with Crippen molar-refractivity contribution in [3.05, 3.63) is 82.0 Å². The van der Waals surface area contributed by atoms with Crippen LogP contribution in [0, 0.1) is 5.92 Å². The number of carbonyl (C=O) groups is 1. The molecule has 0 aliphatic carbocycles. The van der Waals surface area contributed by atoms with Crippen molar-refractivity contribution in [3.8, 4) is 5.75 Å². The number of hydrogen-bond donors (Lipinski definition) is 1. The Morgan fingerprint density at radius 1 is 1.07 bits per heavy atom. The largest absolute Gasteiger partial charge is 0.497 e. The molecule has 0 saturated carbocycles. The van der Waals surface area contributed by atoms with Crippen LogP contribution in [0.25, 0.3) is 0 Å². The average Bonchev–Trinajstić information content (AvgIpc) is 3.27. The molecule has 8 heteroatoms. The fourth-order valence-corrected chi connectivity index (χ4v) is 6.38. The number of benzene rings is 2. The first kappa shape index (κ1) is 21.0. The molecule has 0 amide bonds. The number of methoxy groups -OCH3 is 1. The van der Waals surface area contributed by atoms with Crippen LogP contribution in [-0.4, -0.2) is 24.2 Å². The lowest BCUT2D eigenvalue weighted by Gasteiger charge is -2.46. The Labute approximate surface area is 179 Å². The van der Waals surface area contributed by atoms with Crippen molar-refractivity contribution in [2.45, 2.75) is 21.9 Å². The molecule has 3 atom stereocenters. The number of thioether (sulfide) groups is 1. The Morgan fingerprint density at radius 2 is 1.77 bits per heavy atom. The summed E-state index contributed by atoms with van der Waals surface area (Å²) in [4.78, 5) is 13.8. The number of hydrogen-bond acceptors (Lipinski definition) is 5. The molecule has 0 saturated heterocycles. The molecule has 0 unspecified atom stereocenters. The average molecular weight is 451 g/mol. The van der Waals surface area contributed by atoms with E-state index < -0.39 is 28.7 Å². The lowest BCUT2D eigenvalue weighted by molar-refractivity contribution is -0.180. The van der Waals surface area contributed by atoms with Crippen molar-refractivity contribution in [3.63, 3.8) is 0 Å². The minimum Gasteiger partial charge on any atom is -0.497 e. The van der Waals surface area contributed by atoms with E-state index in [0.29, 0.717) is 28.0 Å².